The van der Waals surface area contributed by atoms with E-state index in [4.69, 9.17) is 0 Å². The molecule has 4 aliphatic rings. The lowest BCUT2D eigenvalue weighted by atomic mass is 9.86. The van der Waals surface area contributed by atoms with Gasteiger partial charge in [0.2, 0.25) is 5.91 Å². The minimum atomic E-state index is -0.834. The molecule has 1 heterocycles. The van der Waals surface area contributed by atoms with Crippen LogP contribution in [-0.4, -0.2) is 45.8 Å². The highest BCUT2D eigenvalue weighted by atomic mass is 16.2. The number of benzene rings is 1. The molecule has 5 rings (SSSR count). The average molecular weight is 381 g/mol. The first-order valence-electron chi connectivity index (χ1n) is 10.5. The van der Waals surface area contributed by atoms with E-state index < -0.39 is 11.6 Å². The maximum Gasteiger partial charge on any atom is 0.325 e. The minimum absolute atomic E-state index is 0.0560. The van der Waals surface area contributed by atoms with Crippen molar-refractivity contribution in [2.24, 2.45) is 5.92 Å². The van der Waals surface area contributed by atoms with Crippen LogP contribution in [0.5, 0.6) is 0 Å². The van der Waals surface area contributed by atoms with Crippen LogP contribution in [0.1, 0.15) is 62.6 Å². The van der Waals surface area contributed by atoms with Crippen molar-refractivity contribution < 1.29 is 14.4 Å². The Morgan fingerprint density at radius 1 is 1.18 bits per heavy atom. The molecule has 6 heteroatoms. The van der Waals surface area contributed by atoms with Crippen molar-refractivity contribution in [2.75, 3.05) is 6.54 Å². The van der Waals surface area contributed by atoms with Crippen molar-refractivity contribution in [3.05, 3.63) is 35.4 Å². The standard InChI is InChI=1S/C22H27N3O3/c1-22(15-9-10-15)20(27)24(21(28)23-22)13-19(26)25(16-11-12-16)18-8-4-6-14-5-2-3-7-17(14)18/h2-3,5,7,15-16,18H,4,6,8-13H2,1H3,(H,23,28). The maximum atomic E-state index is 13.3. The van der Waals surface area contributed by atoms with Crippen LogP contribution in [0.15, 0.2) is 24.3 Å². The fourth-order valence-corrected chi connectivity index (χ4v) is 5.02. The average Bonchev–Trinajstić information content (AvgIpc) is 3.58. The van der Waals surface area contributed by atoms with Gasteiger partial charge in [-0.2, -0.15) is 0 Å². The van der Waals surface area contributed by atoms with E-state index in [1.165, 1.54) is 11.1 Å². The largest absolute Gasteiger partial charge is 0.331 e. The Morgan fingerprint density at radius 3 is 2.64 bits per heavy atom. The van der Waals surface area contributed by atoms with E-state index in [-0.39, 0.29) is 36.4 Å². The van der Waals surface area contributed by atoms with Crippen LogP contribution in [0.2, 0.25) is 0 Å². The van der Waals surface area contributed by atoms with Crippen molar-refractivity contribution in [3.63, 3.8) is 0 Å². The molecule has 4 amide bonds. The predicted molar refractivity (Wildman–Crippen MR) is 103 cm³/mol. The first kappa shape index (κ1) is 17.7. The Morgan fingerprint density at radius 2 is 1.93 bits per heavy atom. The third-order valence-electron chi connectivity index (χ3n) is 6.89. The second kappa shape index (κ2) is 6.33. The fraction of sp³-hybridized carbons (Fsp3) is 0.591. The lowest BCUT2D eigenvalue weighted by Gasteiger charge is -2.37. The van der Waals surface area contributed by atoms with Gasteiger partial charge >= 0.3 is 6.03 Å². The zero-order valence-corrected chi connectivity index (χ0v) is 16.3. The molecule has 1 aromatic carbocycles. The van der Waals surface area contributed by atoms with Gasteiger partial charge in [0.15, 0.2) is 0 Å². The highest BCUT2D eigenvalue weighted by Gasteiger charge is 2.56. The summed E-state index contributed by atoms with van der Waals surface area (Å²) in [6.45, 7) is 1.65. The Balaban J connectivity index is 1.38. The molecule has 0 aromatic heterocycles. The number of carbonyl (C=O) groups is 3. The molecule has 0 bridgehead atoms. The number of aryl methyl sites for hydroxylation is 1. The molecule has 0 radical (unpaired) electrons. The zero-order chi connectivity index (χ0) is 19.5. The summed E-state index contributed by atoms with van der Waals surface area (Å²) in [5.41, 5.74) is 1.71. The molecule has 1 aliphatic heterocycles. The first-order chi connectivity index (χ1) is 13.5. The molecular formula is C22H27N3O3. The molecule has 1 saturated heterocycles. The molecule has 28 heavy (non-hydrogen) atoms. The van der Waals surface area contributed by atoms with Crippen LogP contribution in [0.3, 0.4) is 0 Å². The van der Waals surface area contributed by atoms with Gasteiger partial charge in [-0.05, 0) is 68.9 Å². The molecule has 3 fully saturated rings. The maximum absolute atomic E-state index is 13.3. The number of carbonyl (C=O) groups excluding carboxylic acids is 3. The lowest BCUT2D eigenvalue weighted by Crippen LogP contribution is -2.48. The van der Waals surface area contributed by atoms with Gasteiger partial charge < -0.3 is 10.2 Å². The van der Waals surface area contributed by atoms with Crippen LogP contribution in [0.25, 0.3) is 0 Å². The first-order valence-corrected chi connectivity index (χ1v) is 10.5. The van der Waals surface area contributed by atoms with E-state index in [1.807, 2.05) is 11.0 Å². The second-order valence-corrected chi connectivity index (χ2v) is 8.94. The molecule has 0 spiro atoms. The second-order valence-electron chi connectivity index (χ2n) is 8.94. The lowest BCUT2D eigenvalue weighted by molar-refractivity contribution is -0.141. The Bertz CT molecular complexity index is 845. The molecule has 148 valence electrons. The number of urea groups is 1. The van der Waals surface area contributed by atoms with Gasteiger partial charge in [-0.3, -0.25) is 14.5 Å². The van der Waals surface area contributed by atoms with Crippen molar-refractivity contribution in [1.29, 1.82) is 0 Å². The monoisotopic (exact) mass is 381 g/mol. The quantitative estimate of drug-likeness (QED) is 0.798. The molecule has 1 aromatic rings. The topological polar surface area (TPSA) is 69.7 Å². The van der Waals surface area contributed by atoms with Gasteiger partial charge in [-0.15, -0.1) is 0 Å². The summed E-state index contributed by atoms with van der Waals surface area (Å²) in [5.74, 6) is -0.144. The van der Waals surface area contributed by atoms with Gasteiger partial charge in [0.25, 0.3) is 5.91 Å². The van der Waals surface area contributed by atoms with E-state index in [9.17, 15) is 14.4 Å². The summed E-state index contributed by atoms with van der Waals surface area (Å²) in [5, 5.41) is 2.84. The summed E-state index contributed by atoms with van der Waals surface area (Å²) in [6, 6.07) is 8.23. The summed E-state index contributed by atoms with van der Waals surface area (Å²) in [4.78, 5) is 41.8. The van der Waals surface area contributed by atoms with Crippen molar-refractivity contribution in [1.82, 2.24) is 15.1 Å². The van der Waals surface area contributed by atoms with Gasteiger partial charge in [0.1, 0.15) is 12.1 Å². The molecular weight excluding hydrogens is 354 g/mol. The van der Waals surface area contributed by atoms with Crippen LogP contribution >= 0.6 is 0 Å². The highest BCUT2D eigenvalue weighted by molar-refractivity contribution is 6.09. The van der Waals surface area contributed by atoms with Crippen LogP contribution in [0, 0.1) is 5.92 Å². The van der Waals surface area contributed by atoms with Gasteiger partial charge in [-0.25, -0.2) is 4.79 Å². The highest BCUT2D eigenvalue weighted by Crippen LogP contribution is 2.43. The summed E-state index contributed by atoms with van der Waals surface area (Å²) >= 11 is 0. The number of nitrogens with zero attached hydrogens (tertiary/aromatic N) is 2. The van der Waals surface area contributed by atoms with Gasteiger partial charge in [-0.1, -0.05) is 24.3 Å². The van der Waals surface area contributed by atoms with Crippen LogP contribution in [-0.2, 0) is 16.0 Å². The van der Waals surface area contributed by atoms with Crippen molar-refractivity contribution in [3.8, 4) is 0 Å². The Labute approximate surface area is 165 Å². The molecule has 1 N–H and O–H groups in total. The summed E-state index contributed by atoms with van der Waals surface area (Å²) in [6.07, 6.45) is 6.97. The third-order valence-corrected chi connectivity index (χ3v) is 6.89. The number of rotatable bonds is 5. The van der Waals surface area contributed by atoms with Gasteiger partial charge in [0.05, 0.1) is 6.04 Å². The van der Waals surface area contributed by atoms with Crippen molar-refractivity contribution >= 4 is 17.8 Å². The normalized spacial score (nSPS) is 29.5. The number of imide groups is 1. The van der Waals surface area contributed by atoms with E-state index >= 15 is 0 Å². The smallest absolute Gasteiger partial charge is 0.325 e. The van der Waals surface area contributed by atoms with Crippen molar-refractivity contribution in [2.45, 2.75) is 69.5 Å². The Kier molecular flexibility index (Phi) is 4.00. The van der Waals surface area contributed by atoms with E-state index in [2.05, 4.69) is 23.5 Å². The molecule has 3 aliphatic carbocycles. The summed E-state index contributed by atoms with van der Waals surface area (Å²) in [7, 11) is 0. The number of hydrogen-bond donors (Lipinski definition) is 1. The molecule has 2 atom stereocenters. The molecule has 2 saturated carbocycles. The number of nitrogens with one attached hydrogen (secondary N) is 1. The van der Waals surface area contributed by atoms with Crippen LogP contribution in [0.4, 0.5) is 4.79 Å². The Hall–Kier alpha value is -2.37. The van der Waals surface area contributed by atoms with E-state index in [0.717, 1.165) is 49.8 Å². The van der Waals surface area contributed by atoms with Gasteiger partial charge in [0, 0.05) is 6.04 Å². The molecule has 6 nitrogen and oxygen atoms in total. The number of fused-ring (bicyclic) bond motifs is 1. The van der Waals surface area contributed by atoms with E-state index in [0.29, 0.717) is 0 Å². The van der Waals surface area contributed by atoms with Crippen LogP contribution < -0.4 is 5.32 Å². The number of amides is 4. The third kappa shape index (κ3) is 2.81. The van der Waals surface area contributed by atoms with E-state index in [1.54, 1.807) is 6.92 Å². The number of hydrogen-bond acceptors (Lipinski definition) is 3. The predicted octanol–water partition coefficient (Wildman–Crippen LogP) is 2.78. The summed E-state index contributed by atoms with van der Waals surface area (Å²) < 4.78 is 0. The zero-order valence-electron chi connectivity index (χ0n) is 16.3. The SMILES string of the molecule is CC1(C2CC2)NC(=O)N(CC(=O)N(C2CC2)C2CCCc3ccccc32)C1=O. The minimum Gasteiger partial charge on any atom is -0.331 e. The fourth-order valence-electron chi connectivity index (χ4n) is 5.02. The molecule has 2 unspecified atom stereocenters.